The van der Waals surface area contributed by atoms with Gasteiger partial charge in [-0.25, -0.2) is 0 Å². The molecule has 0 spiro atoms. The van der Waals surface area contributed by atoms with Gasteiger partial charge in [0, 0.05) is 0 Å². The highest BCUT2D eigenvalue weighted by Crippen LogP contribution is 2.28. The molecule has 1 aliphatic heterocycles. The molecule has 1 aromatic rings. The van der Waals surface area contributed by atoms with Gasteiger partial charge in [-0.3, -0.25) is 9.11 Å². The molecule has 0 bridgehead atoms. The Balaban J connectivity index is 0.000000171. The SMILES string of the molecule is O=S(=O)(O)O.c1ccc2c(c1)[N]N=N2. The van der Waals surface area contributed by atoms with Crippen LogP contribution in [0.2, 0.25) is 0 Å². The first-order valence-electron chi connectivity index (χ1n) is 3.37. The molecule has 0 aliphatic carbocycles. The third kappa shape index (κ3) is 3.94. The van der Waals surface area contributed by atoms with E-state index in [-0.39, 0.29) is 0 Å². The minimum absolute atomic E-state index is 0.859. The average Bonchev–Trinajstić information content (AvgIpc) is 2.47. The molecule has 1 aromatic carbocycles. The zero-order chi connectivity index (χ0) is 10.6. The van der Waals surface area contributed by atoms with Crippen molar-refractivity contribution in [3.05, 3.63) is 24.3 Å². The highest BCUT2D eigenvalue weighted by molar-refractivity contribution is 7.79. The second-order valence-electron chi connectivity index (χ2n) is 2.23. The zero-order valence-electron chi connectivity index (χ0n) is 6.77. The van der Waals surface area contributed by atoms with Crippen LogP contribution in [-0.2, 0) is 10.4 Å². The van der Waals surface area contributed by atoms with E-state index in [9.17, 15) is 0 Å². The lowest BCUT2D eigenvalue weighted by molar-refractivity contribution is 0.381. The van der Waals surface area contributed by atoms with Crippen molar-refractivity contribution in [3.63, 3.8) is 0 Å². The summed E-state index contributed by atoms with van der Waals surface area (Å²) in [6.45, 7) is 0. The minimum atomic E-state index is -4.67. The van der Waals surface area contributed by atoms with Crippen molar-refractivity contribution >= 4 is 21.8 Å². The topological polar surface area (TPSA) is 113 Å². The van der Waals surface area contributed by atoms with Crippen molar-refractivity contribution in [3.8, 4) is 0 Å². The van der Waals surface area contributed by atoms with Crippen molar-refractivity contribution in [1.29, 1.82) is 0 Å². The van der Waals surface area contributed by atoms with E-state index in [4.69, 9.17) is 17.5 Å². The molecule has 0 fully saturated rings. The molecule has 75 valence electrons. The smallest absolute Gasteiger partial charge is 0.264 e. The van der Waals surface area contributed by atoms with Gasteiger partial charge in [0.15, 0.2) is 0 Å². The minimum Gasteiger partial charge on any atom is -0.264 e. The van der Waals surface area contributed by atoms with Crippen LogP contribution in [-0.4, -0.2) is 17.5 Å². The summed E-state index contributed by atoms with van der Waals surface area (Å²) in [7, 11) is -4.67. The van der Waals surface area contributed by atoms with E-state index in [0.29, 0.717) is 0 Å². The number of fused-ring (bicyclic) bond motifs is 1. The monoisotopic (exact) mass is 216 g/mol. The molecule has 1 heterocycles. The van der Waals surface area contributed by atoms with Gasteiger partial charge in [0.2, 0.25) is 0 Å². The van der Waals surface area contributed by atoms with Crippen LogP contribution in [0.3, 0.4) is 0 Å². The van der Waals surface area contributed by atoms with Crippen molar-refractivity contribution in [2.24, 2.45) is 10.3 Å². The first-order chi connectivity index (χ1) is 6.47. The fourth-order valence-corrected chi connectivity index (χ4v) is 0.752. The van der Waals surface area contributed by atoms with Crippen LogP contribution in [0.5, 0.6) is 0 Å². The molecular weight excluding hydrogens is 210 g/mol. The quantitative estimate of drug-likeness (QED) is 0.635. The molecule has 2 rings (SSSR count). The molecule has 0 atom stereocenters. The zero-order valence-corrected chi connectivity index (χ0v) is 7.59. The van der Waals surface area contributed by atoms with Gasteiger partial charge in [0.25, 0.3) is 0 Å². The number of rotatable bonds is 0. The second-order valence-corrected chi connectivity index (χ2v) is 3.12. The van der Waals surface area contributed by atoms with Gasteiger partial charge < -0.3 is 0 Å². The standard InChI is InChI=1S/C6H4N3.H2O4S/c1-2-4-6-5(3-1)7-9-8-6;1-5(2,3)4/h1-4H;(H2,1,2,3,4). The summed E-state index contributed by atoms with van der Waals surface area (Å²) in [5, 5.41) is 7.26. The van der Waals surface area contributed by atoms with Crippen molar-refractivity contribution in [1.82, 2.24) is 5.43 Å². The van der Waals surface area contributed by atoms with Crippen LogP contribution in [0.25, 0.3) is 0 Å². The molecule has 0 aromatic heterocycles. The fourth-order valence-electron chi connectivity index (χ4n) is 0.752. The maximum atomic E-state index is 8.74. The summed E-state index contributed by atoms with van der Waals surface area (Å²) in [5.74, 6) is 0. The van der Waals surface area contributed by atoms with Gasteiger partial charge in [-0.2, -0.15) is 8.42 Å². The Morgan fingerprint density at radius 3 is 2.07 bits per heavy atom. The number of benzene rings is 1. The van der Waals surface area contributed by atoms with E-state index < -0.39 is 10.4 Å². The van der Waals surface area contributed by atoms with Gasteiger partial charge in [-0.1, -0.05) is 12.1 Å². The molecule has 1 aliphatic rings. The lowest BCUT2D eigenvalue weighted by Gasteiger charge is -1.87. The van der Waals surface area contributed by atoms with E-state index in [1.165, 1.54) is 0 Å². The van der Waals surface area contributed by atoms with Crippen LogP contribution in [0, 0.1) is 0 Å². The van der Waals surface area contributed by atoms with Crippen LogP contribution in [0.4, 0.5) is 11.4 Å². The Morgan fingerprint density at radius 2 is 1.57 bits per heavy atom. The average molecular weight is 216 g/mol. The summed E-state index contributed by atoms with van der Waals surface area (Å²) in [5.41, 5.74) is 5.48. The lowest BCUT2D eigenvalue weighted by Crippen LogP contribution is -1.89. The first-order valence-corrected chi connectivity index (χ1v) is 4.77. The van der Waals surface area contributed by atoms with Crippen molar-refractivity contribution in [2.75, 3.05) is 0 Å². The second kappa shape index (κ2) is 4.13. The van der Waals surface area contributed by atoms with Crippen LogP contribution < -0.4 is 5.43 Å². The van der Waals surface area contributed by atoms with Gasteiger partial charge in [0.05, 0.1) is 0 Å². The normalized spacial score (nSPS) is 12.4. The van der Waals surface area contributed by atoms with E-state index in [2.05, 4.69) is 15.8 Å². The summed E-state index contributed by atoms with van der Waals surface area (Å²) in [6.07, 6.45) is 0. The summed E-state index contributed by atoms with van der Waals surface area (Å²) in [4.78, 5) is 0. The Labute approximate surface area is 80.0 Å². The first kappa shape index (κ1) is 10.6. The predicted octanol–water partition coefficient (Wildman–Crippen LogP) is 1.28. The highest BCUT2D eigenvalue weighted by Gasteiger charge is 2.05. The Bertz CT molecular complexity index is 434. The van der Waals surface area contributed by atoms with Gasteiger partial charge in [-0.05, 0) is 17.4 Å². The molecule has 0 saturated carbocycles. The predicted molar refractivity (Wildman–Crippen MR) is 46.9 cm³/mol. The van der Waals surface area contributed by atoms with E-state index >= 15 is 0 Å². The van der Waals surface area contributed by atoms with Crippen LogP contribution in [0.15, 0.2) is 34.6 Å². The lowest BCUT2D eigenvalue weighted by atomic mass is 10.3. The van der Waals surface area contributed by atoms with Gasteiger partial charge in [-0.15, -0.1) is 10.5 Å². The Hall–Kier alpha value is -1.51. The van der Waals surface area contributed by atoms with Gasteiger partial charge >= 0.3 is 10.4 Å². The van der Waals surface area contributed by atoms with E-state index in [1.807, 2.05) is 24.3 Å². The van der Waals surface area contributed by atoms with Gasteiger partial charge in [0.1, 0.15) is 11.4 Å². The molecule has 7 nitrogen and oxygen atoms in total. The summed E-state index contributed by atoms with van der Waals surface area (Å²) in [6, 6.07) is 7.60. The molecule has 8 heteroatoms. The number of hydrogen-bond donors (Lipinski definition) is 2. The molecule has 1 radical (unpaired) electrons. The van der Waals surface area contributed by atoms with Crippen molar-refractivity contribution < 1.29 is 17.5 Å². The molecule has 2 N–H and O–H groups in total. The number of nitrogens with zero attached hydrogens (tertiary/aromatic N) is 3. The number of hydrogen-bond acceptors (Lipinski definition) is 4. The third-order valence-electron chi connectivity index (χ3n) is 1.19. The molecule has 0 saturated heterocycles. The highest BCUT2D eigenvalue weighted by atomic mass is 32.3. The Morgan fingerprint density at radius 1 is 1.07 bits per heavy atom. The molecule has 0 amide bonds. The van der Waals surface area contributed by atoms with E-state index in [0.717, 1.165) is 11.4 Å². The van der Waals surface area contributed by atoms with Crippen LogP contribution >= 0.6 is 0 Å². The summed E-state index contributed by atoms with van der Waals surface area (Å²) < 4.78 is 31.6. The van der Waals surface area contributed by atoms with Crippen LogP contribution in [0.1, 0.15) is 0 Å². The molecular formula is C6H6N3O4S. The maximum absolute atomic E-state index is 8.74. The Kier molecular flexibility index (Phi) is 3.12. The third-order valence-corrected chi connectivity index (χ3v) is 1.19. The molecule has 0 unspecified atom stereocenters. The van der Waals surface area contributed by atoms with E-state index in [1.54, 1.807) is 0 Å². The molecule has 14 heavy (non-hydrogen) atoms. The summed E-state index contributed by atoms with van der Waals surface area (Å²) >= 11 is 0. The largest absolute Gasteiger partial charge is 0.394 e. The maximum Gasteiger partial charge on any atom is 0.394 e. The van der Waals surface area contributed by atoms with Crippen molar-refractivity contribution in [2.45, 2.75) is 0 Å². The fraction of sp³-hybridized carbons (Fsp3) is 0.